The van der Waals surface area contributed by atoms with Gasteiger partial charge in [-0.2, -0.15) is 5.26 Å². The van der Waals surface area contributed by atoms with E-state index in [2.05, 4.69) is 5.32 Å². The first-order valence-electron chi connectivity index (χ1n) is 11.8. The molecule has 1 amide bonds. The molecule has 7 nitrogen and oxygen atoms in total. The van der Waals surface area contributed by atoms with Crippen molar-refractivity contribution in [1.82, 2.24) is 4.57 Å². The van der Waals surface area contributed by atoms with Crippen molar-refractivity contribution >= 4 is 46.2 Å². The summed E-state index contributed by atoms with van der Waals surface area (Å²) in [5.74, 6) is 0.598. The van der Waals surface area contributed by atoms with Gasteiger partial charge in [0.1, 0.15) is 22.2 Å². The van der Waals surface area contributed by atoms with E-state index in [-0.39, 0.29) is 15.8 Å². The maximum atomic E-state index is 13.6. The van der Waals surface area contributed by atoms with Crippen molar-refractivity contribution in [2.75, 3.05) is 18.5 Å². The first-order chi connectivity index (χ1) is 18.4. The predicted octanol–water partition coefficient (Wildman–Crippen LogP) is 4.49. The minimum atomic E-state index is -0.632. The third kappa shape index (κ3) is 5.97. The minimum absolute atomic E-state index is 0.194. The van der Waals surface area contributed by atoms with Crippen molar-refractivity contribution in [1.29, 1.82) is 5.26 Å². The number of thiazole rings is 1. The van der Waals surface area contributed by atoms with Gasteiger partial charge < -0.3 is 14.8 Å². The second kappa shape index (κ2) is 12.3. The number of carbonyl (C=O) groups excluding carboxylic acids is 1. The van der Waals surface area contributed by atoms with E-state index in [0.29, 0.717) is 51.2 Å². The lowest BCUT2D eigenvalue weighted by Crippen LogP contribution is -2.32. The molecular formula is C29H24ClN3O4S. The molecule has 1 heterocycles. The second-order valence-corrected chi connectivity index (χ2v) is 9.37. The Morgan fingerprint density at radius 3 is 2.42 bits per heavy atom. The van der Waals surface area contributed by atoms with E-state index in [1.54, 1.807) is 72.8 Å². The Labute approximate surface area is 228 Å². The molecular weight excluding hydrogens is 522 g/mol. The van der Waals surface area contributed by atoms with Crippen LogP contribution in [0.25, 0.3) is 17.3 Å². The number of nitrogens with zero attached hydrogens (tertiary/aromatic N) is 2. The zero-order valence-corrected chi connectivity index (χ0v) is 22.3. The molecule has 0 spiro atoms. The van der Waals surface area contributed by atoms with Gasteiger partial charge in [0.15, 0.2) is 5.57 Å². The van der Waals surface area contributed by atoms with Crippen LogP contribution >= 0.6 is 22.9 Å². The van der Waals surface area contributed by atoms with E-state index in [0.717, 1.165) is 11.3 Å². The van der Waals surface area contributed by atoms with Gasteiger partial charge in [0.2, 0.25) is 0 Å². The molecule has 4 rings (SSSR count). The highest BCUT2D eigenvalue weighted by Gasteiger charge is 2.18. The molecule has 38 heavy (non-hydrogen) atoms. The average Bonchev–Trinajstić information content (AvgIpc) is 3.23. The van der Waals surface area contributed by atoms with Crippen molar-refractivity contribution in [3.05, 3.63) is 103 Å². The van der Waals surface area contributed by atoms with Gasteiger partial charge in [-0.05, 0) is 74.5 Å². The number of hydrogen-bond acceptors (Lipinski definition) is 6. The van der Waals surface area contributed by atoms with Crippen LogP contribution in [0.5, 0.6) is 11.5 Å². The largest absolute Gasteiger partial charge is 0.494 e. The topological polar surface area (TPSA) is 93.3 Å². The molecule has 9 heteroatoms. The van der Waals surface area contributed by atoms with Gasteiger partial charge in [0.05, 0.1) is 23.4 Å². The van der Waals surface area contributed by atoms with E-state index in [1.165, 1.54) is 4.57 Å². The third-order valence-corrected chi connectivity index (χ3v) is 6.70. The number of benzene rings is 3. The summed E-state index contributed by atoms with van der Waals surface area (Å²) in [5, 5.41) is 13.3. The van der Waals surface area contributed by atoms with Gasteiger partial charge in [-0.25, -0.2) is 0 Å². The van der Waals surface area contributed by atoms with Crippen LogP contribution in [0.4, 0.5) is 5.69 Å². The van der Waals surface area contributed by atoms with Crippen LogP contribution in [0.2, 0.25) is 5.02 Å². The SMILES string of the molecule is CCOc1ccc(NC(=O)/C(C#N)=c2/s/c(=C/c3cc(Cl)ccc3OCC)c(=O)n2-c2ccccc2)cc1. The highest BCUT2D eigenvalue weighted by atomic mass is 35.5. The van der Waals surface area contributed by atoms with Crippen LogP contribution in [-0.4, -0.2) is 23.7 Å². The monoisotopic (exact) mass is 545 g/mol. The lowest BCUT2D eigenvalue weighted by atomic mass is 10.2. The van der Waals surface area contributed by atoms with Crippen LogP contribution < -0.4 is 29.5 Å². The summed E-state index contributed by atoms with van der Waals surface area (Å²) >= 11 is 7.26. The molecule has 0 atom stereocenters. The Hall–Kier alpha value is -4.32. The number of nitrogens with one attached hydrogen (secondary N) is 1. The van der Waals surface area contributed by atoms with Gasteiger partial charge in [-0.15, -0.1) is 11.3 Å². The van der Waals surface area contributed by atoms with E-state index < -0.39 is 5.91 Å². The molecule has 0 aliphatic heterocycles. The molecule has 1 aromatic heterocycles. The van der Waals surface area contributed by atoms with E-state index in [1.807, 2.05) is 26.0 Å². The molecule has 0 bridgehead atoms. The second-order valence-electron chi connectivity index (χ2n) is 7.91. The molecule has 1 N–H and O–H groups in total. The maximum absolute atomic E-state index is 13.6. The average molecular weight is 546 g/mol. The molecule has 0 radical (unpaired) electrons. The molecule has 192 valence electrons. The van der Waals surface area contributed by atoms with Crippen LogP contribution in [0.3, 0.4) is 0 Å². The number of carbonyl (C=O) groups is 1. The summed E-state index contributed by atoms with van der Waals surface area (Å²) in [4.78, 5) is 26.9. The van der Waals surface area contributed by atoms with Crippen LogP contribution in [0.1, 0.15) is 19.4 Å². The number of hydrogen-bond donors (Lipinski definition) is 1. The van der Waals surface area contributed by atoms with Crippen molar-refractivity contribution in [2.24, 2.45) is 0 Å². The van der Waals surface area contributed by atoms with Gasteiger partial charge in [0.25, 0.3) is 11.5 Å². The van der Waals surface area contributed by atoms with Crippen molar-refractivity contribution in [3.8, 4) is 23.3 Å². The molecule has 3 aromatic carbocycles. The van der Waals surface area contributed by atoms with Crippen molar-refractivity contribution < 1.29 is 14.3 Å². The molecule has 0 saturated carbocycles. The number of anilines is 1. The highest BCUT2D eigenvalue weighted by molar-refractivity contribution is 7.07. The van der Waals surface area contributed by atoms with Gasteiger partial charge in [-0.1, -0.05) is 29.8 Å². The van der Waals surface area contributed by atoms with E-state index >= 15 is 0 Å². The lowest BCUT2D eigenvalue weighted by molar-refractivity contribution is -0.111. The molecule has 0 fully saturated rings. The number of ether oxygens (including phenoxy) is 2. The van der Waals surface area contributed by atoms with Crippen LogP contribution in [0, 0.1) is 11.3 Å². The number of halogens is 1. The highest BCUT2D eigenvalue weighted by Crippen LogP contribution is 2.23. The summed E-state index contributed by atoms with van der Waals surface area (Å²) in [7, 11) is 0. The summed E-state index contributed by atoms with van der Waals surface area (Å²) < 4.78 is 13.0. The van der Waals surface area contributed by atoms with E-state index in [9.17, 15) is 14.9 Å². The van der Waals surface area contributed by atoms with Gasteiger partial charge in [-0.3, -0.25) is 14.2 Å². The standard InChI is InChI=1S/C29H24ClN3O4S/c1-3-36-23-13-11-21(12-14-23)32-27(34)24(18-31)29-33(22-8-6-5-7-9-22)28(35)26(38-29)17-19-16-20(30)10-15-25(19)37-4-2/h5-17H,3-4H2,1-2H3,(H,32,34)/b26-17+,29-24+. The number of para-hydroxylation sites is 1. The lowest BCUT2D eigenvalue weighted by Gasteiger charge is -2.07. The van der Waals surface area contributed by atoms with Crippen molar-refractivity contribution in [3.63, 3.8) is 0 Å². The predicted molar refractivity (Wildman–Crippen MR) is 151 cm³/mol. The third-order valence-electron chi connectivity index (χ3n) is 5.37. The first-order valence-corrected chi connectivity index (χ1v) is 13.0. The first kappa shape index (κ1) is 26.7. The quantitative estimate of drug-likeness (QED) is 0.352. The molecule has 0 unspecified atom stereocenters. The maximum Gasteiger partial charge on any atom is 0.273 e. The van der Waals surface area contributed by atoms with Gasteiger partial charge in [0, 0.05) is 16.3 Å². The fourth-order valence-electron chi connectivity index (χ4n) is 3.71. The zero-order valence-electron chi connectivity index (χ0n) is 20.7. The summed E-state index contributed by atoms with van der Waals surface area (Å²) in [6.07, 6.45) is 1.66. The Bertz CT molecular complexity index is 1670. The Morgan fingerprint density at radius 2 is 1.76 bits per heavy atom. The summed E-state index contributed by atoms with van der Waals surface area (Å²) in [5.41, 5.74) is 1.06. The number of amides is 1. The van der Waals surface area contributed by atoms with Crippen LogP contribution in [-0.2, 0) is 4.79 Å². The van der Waals surface area contributed by atoms with E-state index in [4.69, 9.17) is 21.1 Å². The Balaban J connectivity index is 1.90. The Kier molecular flexibility index (Phi) is 8.64. The van der Waals surface area contributed by atoms with Gasteiger partial charge >= 0.3 is 0 Å². The minimum Gasteiger partial charge on any atom is -0.494 e. The normalized spacial score (nSPS) is 12.0. The molecule has 0 aliphatic rings. The Morgan fingerprint density at radius 1 is 1.05 bits per heavy atom. The summed E-state index contributed by atoms with van der Waals surface area (Å²) in [6, 6.07) is 22.8. The number of nitriles is 1. The number of aromatic nitrogens is 1. The number of rotatable bonds is 8. The fourth-order valence-corrected chi connectivity index (χ4v) is 4.99. The molecule has 4 aromatic rings. The smallest absolute Gasteiger partial charge is 0.273 e. The molecule has 0 saturated heterocycles. The van der Waals surface area contributed by atoms with Crippen molar-refractivity contribution in [2.45, 2.75) is 13.8 Å². The van der Waals surface area contributed by atoms with Crippen LogP contribution in [0.15, 0.2) is 77.6 Å². The molecule has 0 aliphatic carbocycles. The summed E-state index contributed by atoms with van der Waals surface area (Å²) in [6.45, 7) is 4.70. The zero-order chi connectivity index (χ0) is 27.1. The fraction of sp³-hybridized carbons (Fsp3) is 0.138.